The minimum absolute atomic E-state index is 0.112. The Balaban J connectivity index is 1.52. The van der Waals surface area contributed by atoms with Crippen LogP contribution in [0.5, 0.6) is 0 Å². The Kier molecular flexibility index (Phi) is 5.56. The number of nitrogens with one attached hydrogen (secondary N) is 2. The summed E-state index contributed by atoms with van der Waals surface area (Å²) in [5.74, 6) is -0.350. The first kappa shape index (κ1) is 21.1. The fraction of sp³-hybridized carbons (Fsp3) is 0.286. The van der Waals surface area contributed by atoms with Gasteiger partial charge in [0.1, 0.15) is 11.1 Å². The molecule has 0 aliphatic carbocycles. The summed E-state index contributed by atoms with van der Waals surface area (Å²) in [6.07, 6.45) is -0.454. The lowest BCUT2D eigenvalue weighted by Crippen LogP contribution is -2.36. The molecule has 0 spiro atoms. The van der Waals surface area contributed by atoms with E-state index in [-0.39, 0.29) is 11.9 Å². The van der Waals surface area contributed by atoms with E-state index in [1.807, 2.05) is 0 Å². The average molecular weight is 445 g/mol. The van der Waals surface area contributed by atoms with Crippen LogP contribution < -0.4 is 10.6 Å². The van der Waals surface area contributed by atoms with Crippen LogP contribution in [0.15, 0.2) is 36.7 Å². The van der Waals surface area contributed by atoms with Gasteiger partial charge in [0.2, 0.25) is 0 Å². The van der Waals surface area contributed by atoms with Gasteiger partial charge >= 0.3 is 6.18 Å². The largest absolute Gasteiger partial charge is 0.416 e. The van der Waals surface area contributed by atoms with Crippen LogP contribution in [0.3, 0.4) is 0 Å². The predicted octanol–water partition coefficient (Wildman–Crippen LogP) is 3.88. The van der Waals surface area contributed by atoms with E-state index in [9.17, 15) is 23.2 Å². The average Bonchev–Trinajstić information content (AvgIpc) is 3.30. The van der Waals surface area contributed by atoms with Gasteiger partial charge in [0.25, 0.3) is 5.91 Å². The first-order chi connectivity index (χ1) is 14.7. The highest BCUT2D eigenvalue weighted by Gasteiger charge is 2.31. The highest BCUT2D eigenvalue weighted by Crippen LogP contribution is 2.37. The number of hydrogen-bond acceptors (Lipinski definition) is 5. The monoisotopic (exact) mass is 445 g/mol. The highest BCUT2D eigenvalue weighted by atomic mass is 32.1. The molecule has 0 bridgehead atoms. The molecule has 3 heterocycles. The number of amides is 1. The van der Waals surface area contributed by atoms with Crippen LogP contribution in [0, 0.1) is 11.3 Å². The fourth-order valence-corrected chi connectivity index (χ4v) is 4.78. The molecule has 2 N–H and O–H groups in total. The van der Waals surface area contributed by atoms with Gasteiger partial charge in [-0.05, 0) is 30.0 Å². The molecule has 1 amide bonds. The molecular weight excluding hydrogens is 427 g/mol. The van der Waals surface area contributed by atoms with Crippen molar-refractivity contribution in [2.24, 2.45) is 7.05 Å². The summed E-state index contributed by atoms with van der Waals surface area (Å²) in [5, 5.41) is 20.3. The summed E-state index contributed by atoms with van der Waals surface area (Å²) in [5.41, 5.74) is 1.54. The normalized spacial score (nSPS) is 15.9. The number of nitrogens with zero attached hydrogens (tertiary/aromatic N) is 3. The van der Waals surface area contributed by atoms with Crippen LogP contribution >= 0.6 is 11.3 Å². The van der Waals surface area contributed by atoms with E-state index >= 15 is 0 Å². The van der Waals surface area contributed by atoms with E-state index in [1.54, 1.807) is 19.3 Å². The number of carbonyl (C=O) groups is 1. The Morgan fingerprint density at radius 2 is 2.26 bits per heavy atom. The molecule has 10 heteroatoms. The van der Waals surface area contributed by atoms with Gasteiger partial charge in [0.05, 0.1) is 22.9 Å². The summed E-state index contributed by atoms with van der Waals surface area (Å²) >= 11 is 1.34. The number of alkyl halides is 3. The highest BCUT2D eigenvalue weighted by molar-refractivity contribution is 7.16. The quantitative estimate of drug-likeness (QED) is 0.639. The van der Waals surface area contributed by atoms with Gasteiger partial charge in [0, 0.05) is 30.7 Å². The fourth-order valence-electron chi connectivity index (χ4n) is 3.65. The molecule has 1 unspecified atom stereocenters. The van der Waals surface area contributed by atoms with Crippen LogP contribution in [-0.4, -0.2) is 21.7 Å². The van der Waals surface area contributed by atoms with Crippen molar-refractivity contribution in [1.82, 2.24) is 15.1 Å². The molecule has 0 fully saturated rings. The molecule has 0 saturated carbocycles. The zero-order chi connectivity index (χ0) is 22.2. The number of nitriles is 1. The van der Waals surface area contributed by atoms with E-state index in [4.69, 9.17) is 0 Å². The van der Waals surface area contributed by atoms with Crippen molar-refractivity contribution in [1.29, 1.82) is 5.26 Å². The molecule has 0 radical (unpaired) electrons. The molecule has 160 valence electrons. The van der Waals surface area contributed by atoms with E-state index in [2.05, 4.69) is 21.8 Å². The van der Waals surface area contributed by atoms with Gasteiger partial charge in [-0.3, -0.25) is 9.48 Å². The van der Waals surface area contributed by atoms with Crippen molar-refractivity contribution in [2.45, 2.75) is 31.6 Å². The molecule has 6 nitrogen and oxygen atoms in total. The van der Waals surface area contributed by atoms with Crippen molar-refractivity contribution in [3.63, 3.8) is 0 Å². The second-order valence-corrected chi connectivity index (χ2v) is 8.47. The van der Waals surface area contributed by atoms with Crippen LogP contribution in [0.25, 0.3) is 0 Å². The SMILES string of the molecule is Cn1cc(C(=O)Nc2sc3c(c2C#N)CC(Cc2cccc(C(F)(F)F)c2)NC3)cn1. The van der Waals surface area contributed by atoms with E-state index in [0.29, 0.717) is 41.1 Å². The maximum atomic E-state index is 13.0. The van der Waals surface area contributed by atoms with E-state index in [1.165, 1.54) is 28.3 Å². The summed E-state index contributed by atoms with van der Waals surface area (Å²) in [6, 6.07) is 7.36. The molecule has 2 aromatic heterocycles. The van der Waals surface area contributed by atoms with Gasteiger partial charge in [-0.1, -0.05) is 18.2 Å². The number of carbonyl (C=O) groups excluding carboxylic acids is 1. The van der Waals surface area contributed by atoms with Crippen LogP contribution in [0.2, 0.25) is 0 Å². The lowest BCUT2D eigenvalue weighted by molar-refractivity contribution is -0.137. The maximum absolute atomic E-state index is 13.0. The smallest absolute Gasteiger partial charge is 0.312 e. The summed E-state index contributed by atoms with van der Waals surface area (Å²) in [4.78, 5) is 13.4. The Labute approximate surface area is 180 Å². The first-order valence-corrected chi connectivity index (χ1v) is 10.3. The lowest BCUT2D eigenvalue weighted by Gasteiger charge is -2.24. The number of benzene rings is 1. The minimum Gasteiger partial charge on any atom is -0.312 e. The van der Waals surface area contributed by atoms with Crippen molar-refractivity contribution in [3.8, 4) is 6.07 Å². The number of aromatic nitrogens is 2. The van der Waals surface area contributed by atoms with E-state index < -0.39 is 11.7 Å². The standard InChI is InChI=1S/C21H18F3N5OS/c1-29-11-13(9-27-29)19(30)28-20-17(8-25)16-7-15(26-10-18(16)31-20)6-12-3-2-4-14(5-12)21(22,23)24/h2-5,9,11,15,26H,6-7,10H2,1H3,(H,28,30). The molecule has 0 saturated heterocycles. The second kappa shape index (κ2) is 8.17. The Hall–Kier alpha value is -3.16. The van der Waals surface area contributed by atoms with Gasteiger partial charge < -0.3 is 10.6 Å². The third kappa shape index (κ3) is 4.47. The Morgan fingerprint density at radius 1 is 1.45 bits per heavy atom. The number of fused-ring (bicyclic) bond motifs is 1. The van der Waals surface area contributed by atoms with Crippen molar-refractivity contribution in [2.75, 3.05) is 5.32 Å². The Morgan fingerprint density at radius 3 is 2.94 bits per heavy atom. The van der Waals surface area contributed by atoms with Crippen molar-refractivity contribution < 1.29 is 18.0 Å². The topological polar surface area (TPSA) is 82.7 Å². The summed E-state index contributed by atoms with van der Waals surface area (Å²) in [6.45, 7) is 0.487. The molecule has 3 aromatic rings. The van der Waals surface area contributed by atoms with Gasteiger partial charge in [-0.15, -0.1) is 11.3 Å². The lowest BCUT2D eigenvalue weighted by atomic mass is 9.93. The first-order valence-electron chi connectivity index (χ1n) is 9.48. The summed E-state index contributed by atoms with van der Waals surface area (Å²) in [7, 11) is 1.71. The minimum atomic E-state index is -4.38. The molecular formula is C21H18F3N5OS. The van der Waals surface area contributed by atoms with Crippen LogP contribution in [-0.2, 0) is 32.6 Å². The van der Waals surface area contributed by atoms with Crippen LogP contribution in [0.1, 0.15) is 37.5 Å². The van der Waals surface area contributed by atoms with Gasteiger partial charge in [-0.25, -0.2) is 0 Å². The number of thiophene rings is 1. The molecule has 1 aromatic carbocycles. The van der Waals surface area contributed by atoms with Gasteiger partial charge in [0.15, 0.2) is 0 Å². The number of rotatable bonds is 4. The number of hydrogen-bond donors (Lipinski definition) is 2. The number of aryl methyl sites for hydroxylation is 1. The molecule has 31 heavy (non-hydrogen) atoms. The van der Waals surface area contributed by atoms with Crippen LogP contribution in [0.4, 0.5) is 18.2 Å². The third-order valence-corrected chi connectivity index (χ3v) is 6.28. The third-order valence-electron chi connectivity index (χ3n) is 5.13. The number of anilines is 1. The Bertz CT molecular complexity index is 1170. The molecule has 1 atom stereocenters. The number of halogens is 3. The second-order valence-electron chi connectivity index (χ2n) is 7.36. The van der Waals surface area contributed by atoms with Gasteiger partial charge in [-0.2, -0.15) is 23.5 Å². The molecule has 1 aliphatic heterocycles. The summed E-state index contributed by atoms with van der Waals surface area (Å²) < 4.78 is 40.5. The molecule has 1 aliphatic rings. The molecule has 4 rings (SSSR count). The van der Waals surface area contributed by atoms with E-state index in [0.717, 1.165) is 22.6 Å². The zero-order valence-corrected chi connectivity index (χ0v) is 17.3. The van der Waals surface area contributed by atoms with Crippen molar-refractivity contribution >= 4 is 22.2 Å². The predicted molar refractivity (Wildman–Crippen MR) is 110 cm³/mol. The zero-order valence-electron chi connectivity index (χ0n) is 16.5. The van der Waals surface area contributed by atoms with Crippen molar-refractivity contribution in [3.05, 3.63) is 69.4 Å². The maximum Gasteiger partial charge on any atom is 0.416 e.